The van der Waals surface area contributed by atoms with Gasteiger partial charge in [-0.25, -0.2) is 0 Å². The molecule has 0 spiro atoms. The fourth-order valence-electron chi connectivity index (χ4n) is 1.42. The molecule has 0 N–H and O–H groups in total. The number of para-hydroxylation sites is 2. The van der Waals surface area contributed by atoms with E-state index in [2.05, 4.69) is 4.99 Å². The Bertz CT molecular complexity index is 389. The Morgan fingerprint density at radius 1 is 1.43 bits per heavy atom. The normalized spacial score (nSPS) is 14.7. The van der Waals surface area contributed by atoms with Crippen LogP contribution in [0.2, 0.25) is 0 Å². The molecular formula is C9H9N3O2. The van der Waals surface area contributed by atoms with Gasteiger partial charge in [0.2, 0.25) is 0 Å². The van der Waals surface area contributed by atoms with Crippen LogP contribution in [0.4, 0.5) is 11.4 Å². The van der Waals surface area contributed by atoms with Crippen LogP contribution in [0.25, 0.3) is 0 Å². The summed E-state index contributed by atoms with van der Waals surface area (Å²) in [7, 11) is 0. The van der Waals surface area contributed by atoms with Gasteiger partial charge in [-0.15, -0.1) is 0 Å². The Balaban J connectivity index is 2.40. The molecule has 0 aromatic heterocycles. The van der Waals surface area contributed by atoms with Gasteiger partial charge in [-0.2, -0.15) is 0 Å². The van der Waals surface area contributed by atoms with Gasteiger partial charge in [0, 0.05) is 12.6 Å². The molecule has 0 radical (unpaired) electrons. The predicted octanol–water partition coefficient (Wildman–Crippen LogP) is 1.44. The summed E-state index contributed by atoms with van der Waals surface area (Å²) >= 11 is 0. The van der Waals surface area contributed by atoms with E-state index >= 15 is 0 Å². The van der Waals surface area contributed by atoms with E-state index in [0.29, 0.717) is 18.8 Å². The van der Waals surface area contributed by atoms with Gasteiger partial charge in [0.1, 0.15) is 5.69 Å². The highest BCUT2D eigenvalue weighted by Gasteiger charge is 2.18. The molecule has 2 rings (SSSR count). The summed E-state index contributed by atoms with van der Waals surface area (Å²) in [6.07, 6.45) is 1.64. The second kappa shape index (κ2) is 3.45. The van der Waals surface area contributed by atoms with Gasteiger partial charge >= 0.3 is 0 Å². The van der Waals surface area contributed by atoms with E-state index in [1.807, 2.05) is 0 Å². The van der Waals surface area contributed by atoms with Crippen LogP contribution in [0.15, 0.2) is 29.3 Å². The first-order chi connectivity index (χ1) is 6.79. The van der Waals surface area contributed by atoms with Gasteiger partial charge < -0.3 is 4.90 Å². The monoisotopic (exact) mass is 191 g/mol. The molecule has 1 aliphatic heterocycles. The molecule has 5 heteroatoms. The Kier molecular flexibility index (Phi) is 2.14. The molecule has 5 nitrogen and oxygen atoms in total. The summed E-state index contributed by atoms with van der Waals surface area (Å²) in [5.41, 5.74) is 0.736. The molecule has 0 bridgehead atoms. The SMILES string of the molecule is O=[N+]([O-])c1ccccc1N1C=NCC1. The standard InChI is InChI=1S/C9H9N3O2/c13-12(14)9-4-2-1-3-8(9)11-6-5-10-7-11/h1-4,7H,5-6H2. The number of nitro groups is 1. The second-order valence-corrected chi connectivity index (χ2v) is 2.96. The minimum absolute atomic E-state index is 0.126. The molecule has 0 amide bonds. The Morgan fingerprint density at radius 2 is 2.21 bits per heavy atom. The average molecular weight is 191 g/mol. The van der Waals surface area contributed by atoms with Gasteiger partial charge in [-0.1, -0.05) is 12.1 Å². The number of aliphatic imine (C=N–C) groups is 1. The van der Waals surface area contributed by atoms with Gasteiger partial charge in [-0.3, -0.25) is 15.1 Å². The fourth-order valence-corrected chi connectivity index (χ4v) is 1.42. The lowest BCUT2D eigenvalue weighted by atomic mass is 10.2. The summed E-state index contributed by atoms with van der Waals surface area (Å²) in [5, 5.41) is 10.7. The highest BCUT2D eigenvalue weighted by molar-refractivity contribution is 5.85. The Morgan fingerprint density at radius 3 is 2.86 bits per heavy atom. The van der Waals surface area contributed by atoms with Crippen molar-refractivity contribution in [2.45, 2.75) is 0 Å². The van der Waals surface area contributed by atoms with Crippen LogP contribution in [-0.4, -0.2) is 24.4 Å². The topological polar surface area (TPSA) is 58.7 Å². The van der Waals surface area contributed by atoms with Crippen molar-refractivity contribution >= 4 is 17.7 Å². The molecular weight excluding hydrogens is 182 g/mol. The predicted molar refractivity (Wildman–Crippen MR) is 53.8 cm³/mol. The summed E-state index contributed by atoms with van der Waals surface area (Å²) in [5.74, 6) is 0. The first-order valence-corrected chi connectivity index (χ1v) is 4.29. The maximum absolute atomic E-state index is 10.7. The quantitative estimate of drug-likeness (QED) is 0.525. The van der Waals surface area contributed by atoms with Crippen molar-refractivity contribution in [2.75, 3.05) is 18.0 Å². The molecule has 1 aliphatic rings. The number of anilines is 1. The van der Waals surface area contributed by atoms with Crippen LogP contribution < -0.4 is 4.90 Å². The van der Waals surface area contributed by atoms with Crippen LogP contribution >= 0.6 is 0 Å². The third-order valence-electron chi connectivity index (χ3n) is 2.08. The molecule has 1 aromatic rings. The van der Waals surface area contributed by atoms with E-state index in [-0.39, 0.29) is 10.6 Å². The molecule has 1 heterocycles. The minimum Gasteiger partial charge on any atom is -0.325 e. The van der Waals surface area contributed by atoms with E-state index in [9.17, 15) is 10.1 Å². The summed E-state index contributed by atoms with van der Waals surface area (Å²) in [4.78, 5) is 16.1. The molecule has 14 heavy (non-hydrogen) atoms. The first-order valence-electron chi connectivity index (χ1n) is 4.29. The molecule has 0 saturated heterocycles. The zero-order valence-electron chi connectivity index (χ0n) is 7.46. The zero-order valence-corrected chi connectivity index (χ0v) is 7.46. The van der Waals surface area contributed by atoms with Crippen LogP contribution in [0, 0.1) is 10.1 Å². The first kappa shape index (κ1) is 8.68. The molecule has 0 saturated carbocycles. The number of rotatable bonds is 2. The van der Waals surface area contributed by atoms with Crippen LogP contribution in [0.1, 0.15) is 0 Å². The molecule has 0 aliphatic carbocycles. The van der Waals surface area contributed by atoms with Gasteiger partial charge in [-0.05, 0) is 6.07 Å². The van der Waals surface area contributed by atoms with E-state index < -0.39 is 0 Å². The molecule has 0 fully saturated rings. The summed E-state index contributed by atoms with van der Waals surface area (Å²) < 4.78 is 0. The molecule has 0 unspecified atom stereocenters. The third-order valence-corrected chi connectivity index (χ3v) is 2.08. The summed E-state index contributed by atoms with van der Waals surface area (Å²) in [6, 6.07) is 6.68. The van der Waals surface area contributed by atoms with Crippen molar-refractivity contribution in [1.29, 1.82) is 0 Å². The average Bonchev–Trinajstić information content (AvgIpc) is 2.70. The second-order valence-electron chi connectivity index (χ2n) is 2.96. The number of nitrogens with zero attached hydrogens (tertiary/aromatic N) is 3. The van der Waals surface area contributed by atoms with E-state index in [1.165, 1.54) is 6.07 Å². The third kappa shape index (κ3) is 1.44. The van der Waals surface area contributed by atoms with Crippen LogP contribution in [0.3, 0.4) is 0 Å². The lowest BCUT2D eigenvalue weighted by Gasteiger charge is -2.13. The fraction of sp³-hybridized carbons (Fsp3) is 0.222. The highest BCUT2D eigenvalue weighted by Crippen LogP contribution is 2.27. The minimum atomic E-state index is -0.374. The van der Waals surface area contributed by atoms with Crippen molar-refractivity contribution in [3.63, 3.8) is 0 Å². The van der Waals surface area contributed by atoms with Gasteiger partial charge in [0.15, 0.2) is 0 Å². The highest BCUT2D eigenvalue weighted by atomic mass is 16.6. The lowest BCUT2D eigenvalue weighted by Crippen LogP contribution is -2.19. The number of hydrogen-bond acceptors (Lipinski definition) is 4. The van der Waals surface area contributed by atoms with E-state index in [0.717, 1.165) is 0 Å². The largest absolute Gasteiger partial charge is 0.325 e. The van der Waals surface area contributed by atoms with Crippen molar-refractivity contribution in [3.05, 3.63) is 34.4 Å². The Hall–Kier alpha value is -1.91. The number of nitro benzene ring substituents is 1. The van der Waals surface area contributed by atoms with E-state index in [4.69, 9.17) is 0 Å². The zero-order chi connectivity index (χ0) is 9.97. The van der Waals surface area contributed by atoms with Crippen molar-refractivity contribution in [2.24, 2.45) is 4.99 Å². The van der Waals surface area contributed by atoms with Gasteiger partial charge in [0.25, 0.3) is 5.69 Å². The number of hydrogen-bond donors (Lipinski definition) is 0. The lowest BCUT2D eigenvalue weighted by molar-refractivity contribution is -0.384. The molecule has 72 valence electrons. The maximum atomic E-state index is 10.7. The van der Waals surface area contributed by atoms with Crippen LogP contribution in [-0.2, 0) is 0 Å². The van der Waals surface area contributed by atoms with Crippen molar-refractivity contribution in [1.82, 2.24) is 0 Å². The molecule has 0 atom stereocenters. The molecule has 1 aromatic carbocycles. The summed E-state index contributed by atoms with van der Waals surface area (Å²) in [6.45, 7) is 1.41. The van der Waals surface area contributed by atoms with Crippen LogP contribution in [0.5, 0.6) is 0 Å². The number of benzene rings is 1. The maximum Gasteiger partial charge on any atom is 0.292 e. The van der Waals surface area contributed by atoms with Crippen molar-refractivity contribution in [3.8, 4) is 0 Å². The van der Waals surface area contributed by atoms with Crippen molar-refractivity contribution < 1.29 is 4.92 Å². The van der Waals surface area contributed by atoms with E-state index in [1.54, 1.807) is 29.4 Å². The van der Waals surface area contributed by atoms with Gasteiger partial charge in [0.05, 0.1) is 17.8 Å². The smallest absolute Gasteiger partial charge is 0.292 e. The Labute approximate surface area is 80.8 Å².